The van der Waals surface area contributed by atoms with Gasteiger partial charge in [0.25, 0.3) is 10.0 Å². The van der Waals surface area contributed by atoms with E-state index < -0.39 is 15.9 Å². The Hall–Kier alpha value is -3.99. The molecule has 2 amide bonds. The fraction of sp³-hybridized carbons (Fsp3) is 0.250. The molecule has 3 aromatic rings. The fourth-order valence-electron chi connectivity index (χ4n) is 3.81. The SMILES string of the molecule is COc1ccc(N2C[C@@H](C(=O)Nc3ccc(S(=O)(=O)Nc4nc(C)cc(C)n4)cc3)CC2=O)cc1. The molecule has 0 spiro atoms. The lowest BCUT2D eigenvalue weighted by atomic mass is 10.1. The van der Waals surface area contributed by atoms with Gasteiger partial charge >= 0.3 is 0 Å². The van der Waals surface area contributed by atoms with Gasteiger partial charge in [-0.15, -0.1) is 0 Å². The van der Waals surface area contributed by atoms with Crippen molar-refractivity contribution in [3.63, 3.8) is 0 Å². The minimum atomic E-state index is -3.91. The van der Waals surface area contributed by atoms with E-state index in [0.29, 0.717) is 28.5 Å². The average Bonchev–Trinajstić information content (AvgIpc) is 3.20. The first kappa shape index (κ1) is 24.1. The molecule has 2 aromatic carbocycles. The number of methoxy groups -OCH3 is 1. The van der Waals surface area contributed by atoms with Crippen LogP contribution in [0.1, 0.15) is 17.8 Å². The van der Waals surface area contributed by atoms with Gasteiger partial charge in [0.05, 0.1) is 17.9 Å². The van der Waals surface area contributed by atoms with Crippen molar-refractivity contribution in [1.82, 2.24) is 9.97 Å². The maximum atomic E-state index is 12.8. The molecule has 10 nitrogen and oxygen atoms in total. The molecular formula is C24H25N5O5S. The predicted molar refractivity (Wildman–Crippen MR) is 131 cm³/mol. The topological polar surface area (TPSA) is 131 Å². The molecule has 0 unspecified atom stereocenters. The summed E-state index contributed by atoms with van der Waals surface area (Å²) >= 11 is 0. The highest BCUT2D eigenvalue weighted by atomic mass is 32.2. The molecular weight excluding hydrogens is 470 g/mol. The molecule has 1 fully saturated rings. The number of carbonyl (C=O) groups excluding carboxylic acids is 2. The monoisotopic (exact) mass is 495 g/mol. The Morgan fingerprint density at radius 3 is 2.26 bits per heavy atom. The number of anilines is 3. The summed E-state index contributed by atoms with van der Waals surface area (Å²) in [6.07, 6.45) is 0.0875. The molecule has 0 bridgehead atoms. The van der Waals surface area contributed by atoms with E-state index in [2.05, 4.69) is 20.0 Å². The molecule has 0 aliphatic carbocycles. The van der Waals surface area contributed by atoms with Gasteiger partial charge in [-0.1, -0.05) is 0 Å². The molecule has 1 atom stereocenters. The molecule has 182 valence electrons. The Kier molecular flexibility index (Phi) is 6.70. The number of aryl methyl sites for hydroxylation is 2. The van der Waals surface area contributed by atoms with Gasteiger partial charge in [0.2, 0.25) is 17.8 Å². The number of nitrogens with zero attached hydrogens (tertiary/aromatic N) is 3. The van der Waals surface area contributed by atoms with Gasteiger partial charge < -0.3 is 15.0 Å². The van der Waals surface area contributed by atoms with E-state index in [1.165, 1.54) is 24.3 Å². The molecule has 2 N–H and O–H groups in total. The highest BCUT2D eigenvalue weighted by Gasteiger charge is 2.35. The van der Waals surface area contributed by atoms with Crippen LogP contribution in [0.3, 0.4) is 0 Å². The smallest absolute Gasteiger partial charge is 0.264 e. The summed E-state index contributed by atoms with van der Waals surface area (Å²) in [7, 11) is -2.34. The zero-order valence-corrected chi connectivity index (χ0v) is 20.3. The zero-order valence-electron chi connectivity index (χ0n) is 19.5. The maximum Gasteiger partial charge on any atom is 0.264 e. The fourth-order valence-corrected chi connectivity index (χ4v) is 4.75. The third-order valence-corrected chi connectivity index (χ3v) is 6.86. The first-order valence-corrected chi connectivity index (χ1v) is 12.3. The quantitative estimate of drug-likeness (QED) is 0.515. The summed E-state index contributed by atoms with van der Waals surface area (Å²) in [5, 5.41) is 2.76. The number of benzene rings is 2. The van der Waals surface area contributed by atoms with E-state index in [1.54, 1.807) is 56.2 Å². The maximum absolute atomic E-state index is 12.8. The third-order valence-electron chi connectivity index (χ3n) is 5.52. The third kappa shape index (κ3) is 5.57. The van der Waals surface area contributed by atoms with E-state index >= 15 is 0 Å². The molecule has 4 rings (SSSR count). The zero-order chi connectivity index (χ0) is 25.2. The van der Waals surface area contributed by atoms with Crippen molar-refractivity contribution < 1.29 is 22.7 Å². The van der Waals surface area contributed by atoms with Gasteiger partial charge in [-0.25, -0.2) is 23.1 Å². The predicted octanol–water partition coefficient (Wildman–Crippen LogP) is 2.89. The van der Waals surface area contributed by atoms with E-state index in [0.717, 1.165) is 0 Å². The van der Waals surface area contributed by atoms with Crippen LogP contribution in [0.5, 0.6) is 5.75 Å². The van der Waals surface area contributed by atoms with Crippen LogP contribution in [0.25, 0.3) is 0 Å². The minimum Gasteiger partial charge on any atom is -0.497 e. The van der Waals surface area contributed by atoms with Crippen molar-refractivity contribution in [3.8, 4) is 5.75 Å². The average molecular weight is 496 g/mol. The molecule has 0 radical (unpaired) electrons. The Labute approximate surface area is 203 Å². The van der Waals surface area contributed by atoms with Crippen molar-refractivity contribution in [1.29, 1.82) is 0 Å². The normalized spacial score (nSPS) is 15.7. The number of hydrogen-bond acceptors (Lipinski definition) is 7. The number of nitrogens with one attached hydrogen (secondary N) is 2. The molecule has 1 aliphatic heterocycles. The van der Waals surface area contributed by atoms with Crippen molar-refractivity contribution in [2.24, 2.45) is 5.92 Å². The number of hydrogen-bond donors (Lipinski definition) is 2. The van der Waals surface area contributed by atoms with Gasteiger partial charge in [0, 0.05) is 35.7 Å². The Balaban J connectivity index is 1.40. The summed E-state index contributed by atoms with van der Waals surface area (Å²) in [6.45, 7) is 3.75. The minimum absolute atomic E-state index is 0.0000156. The first-order valence-electron chi connectivity index (χ1n) is 10.8. The van der Waals surface area contributed by atoms with Crippen LogP contribution in [0, 0.1) is 19.8 Å². The molecule has 1 saturated heterocycles. The lowest BCUT2D eigenvalue weighted by molar-refractivity contribution is -0.122. The number of ether oxygens (including phenoxy) is 1. The van der Waals surface area contributed by atoms with E-state index in [1.807, 2.05) is 0 Å². The highest BCUT2D eigenvalue weighted by molar-refractivity contribution is 7.92. The van der Waals surface area contributed by atoms with Gasteiger partial charge in [0.1, 0.15) is 5.75 Å². The van der Waals surface area contributed by atoms with Crippen LogP contribution in [-0.4, -0.2) is 43.9 Å². The number of aromatic nitrogens is 2. The van der Waals surface area contributed by atoms with Crippen molar-refractivity contribution >= 4 is 39.2 Å². The van der Waals surface area contributed by atoms with Crippen LogP contribution in [-0.2, 0) is 19.6 Å². The van der Waals surface area contributed by atoms with Crippen molar-refractivity contribution in [2.45, 2.75) is 25.2 Å². The molecule has 0 saturated carbocycles. The summed E-state index contributed by atoms with van der Waals surface area (Å²) in [4.78, 5) is 35.0. The molecule has 35 heavy (non-hydrogen) atoms. The van der Waals surface area contributed by atoms with E-state index in [9.17, 15) is 18.0 Å². The summed E-state index contributed by atoms with van der Waals surface area (Å²) in [5.41, 5.74) is 2.40. The van der Waals surface area contributed by atoms with Gasteiger partial charge in [-0.2, -0.15) is 0 Å². The van der Waals surface area contributed by atoms with Gasteiger partial charge in [-0.05, 0) is 68.4 Å². The first-order chi connectivity index (χ1) is 16.6. The molecule has 1 aliphatic rings. The van der Waals surface area contributed by atoms with Gasteiger partial charge in [-0.3, -0.25) is 9.59 Å². The second kappa shape index (κ2) is 9.71. The number of sulfonamides is 1. The van der Waals surface area contributed by atoms with Crippen molar-refractivity contribution in [2.75, 3.05) is 28.6 Å². The second-order valence-electron chi connectivity index (χ2n) is 8.20. The molecule has 11 heteroatoms. The van der Waals surface area contributed by atoms with Crippen LogP contribution in [0.15, 0.2) is 59.5 Å². The second-order valence-corrected chi connectivity index (χ2v) is 9.88. The number of amides is 2. The number of carbonyl (C=O) groups is 2. The van der Waals surface area contributed by atoms with Crippen LogP contribution >= 0.6 is 0 Å². The molecule has 2 heterocycles. The van der Waals surface area contributed by atoms with E-state index in [4.69, 9.17) is 4.74 Å². The lowest BCUT2D eigenvalue weighted by Gasteiger charge is -2.17. The van der Waals surface area contributed by atoms with Crippen molar-refractivity contribution in [3.05, 3.63) is 66.0 Å². The Bertz CT molecular complexity index is 1340. The van der Waals surface area contributed by atoms with Crippen LogP contribution < -0.4 is 19.7 Å². The standard InChI is InChI=1S/C24H25N5O5S/c1-15-12-16(2)26-24(25-15)28-35(32,33)21-10-4-18(5-11-21)27-23(31)17-13-22(30)29(14-17)19-6-8-20(34-3)9-7-19/h4-12,17H,13-14H2,1-3H3,(H,27,31)(H,25,26,28)/t17-/m0/s1. The van der Waals surface area contributed by atoms with E-state index in [-0.39, 0.29) is 35.6 Å². The largest absolute Gasteiger partial charge is 0.497 e. The lowest BCUT2D eigenvalue weighted by Crippen LogP contribution is -2.28. The van der Waals surface area contributed by atoms with Crippen LogP contribution in [0.2, 0.25) is 0 Å². The Morgan fingerprint density at radius 2 is 1.66 bits per heavy atom. The Morgan fingerprint density at radius 1 is 1.03 bits per heavy atom. The number of rotatable bonds is 7. The summed E-state index contributed by atoms with van der Waals surface area (Å²) in [6, 6.07) is 14.5. The highest BCUT2D eigenvalue weighted by Crippen LogP contribution is 2.28. The van der Waals surface area contributed by atoms with Gasteiger partial charge in [0.15, 0.2) is 0 Å². The molecule has 1 aromatic heterocycles. The van der Waals surface area contributed by atoms with Crippen LogP contribution in [0.4, 0.5) is 17.3 Å². The summed E-state index contributed by atoms with van der Waals surface area (Å²) in [5.74, 6) is -0.316. The summed E-state index contributed by atoms with van der Waals surface area (Å²) < 4.78 is 32.9.